The lowest BCUT2D eigenvalue weighted by Gasteiger charge is -2.27. The molecule has 2 heterocycles. The van der Waals surface area contributed by atoms with E-state index in [1.165, 1.54) is 0 Å². The largest absolute Gasteiger partial charge is 0.295 e. The molecule has 4 rings (SSSR count). The molecule has 0 radical (unpaired) electrons. The van der Waals surface area contributed by atoms with Gasteiger partial charge in [-0.1, -0.05) is 60.1 Å². The second kappa shape index (κ2) is 6.97. The summed E-state index contributed by atoms with van der Waals surface area (Å²) in [6, 6.07) is 17.9. The second-order valence-corrected chi connectivity index (χ2v) is 8.31. The first-order valence-corrected chi connectivity index (χ1v) is 9.96. The minimum absolute atomic E-state index is 0.0327. The molecule has 0 aliphatic carbocycles. The van der Waals surface area contributed by atoms with Crippen LogP contribution in [0, 0.1) is 5.92 Å². The summed E-state index contributed by atoms with van der Waals surface area (Å²) < 4.78 is 2.91. The summed E-state index contributed by atoms with van der Waals surface area (Å²) in [4.78, 5) is 15.2. The minimum atomic E-state index is -0.162. The molecule has 1 aliphatic heterocycles. The van der Waals surface area contributed by atoms with Gasteiger partial charge in [0.2, 0.25) is 0 Å². The maximum atomic E-state index is 13.3. The number of nitrogens with zero attached hydrogens (tertiary/aromatic N) is 3. The van der Waals surface area contributed by atoms with Crippen molar-refractivity contribution in [3.8, 4) is 0 Å². The number of aromatic nitrogens is 2. The van der Waals surface area contributed by atoms with E-state index >= 15 is 0 Å². The Morgan fingerprint density at radius 1 is 1.07 bits per heavy atom. The van der Waals surface area contributed by atoms with Crippen molar-refractivity contribution in [1.82, 2.24) is 9.78 Å². The van der Waals surface area contributed by atoms with Crippen molar-refractivity contribution >= 4 is 27.5 Å². The Bertz CT molecular complexity index is 977. The summed E-state index contributed by atoms with van der Waals surface area (Å²) in [5.74, 6) is 0.450. The van der Waals surface area contributed by atoms with Gasteiger partial charge in [-0.3, -0.25) is 14.4 Å². The predicted octanol–water partition coefficient (Wildman–Crippen LogP) is 5.13. The summed E-state index contributed by atoms with van der Waals surface area (Å²) in [5.41, 5.74) is 4.74. The Balaban J connectivity index is 1.92. The number of hydrogen-bond acceptors (Lipinski definition) is 2. The van der Waals surface area contributed by atoms with Gasteiger partial charge in [-0.2, -0.15) is 5.10 Å². The minimum Gasteiger partial charge on any atom is -0.295 e. The number of hydrogen-bond donors (Lipinski definition) is 0. The summed E-state index contributed by atoms with van der Waals surface area (Å²) in [6.07, 6.45) is 0.891. The lowest BCUT2D eigenvalue weighted by molar-refractivity contribution is 0.0988. The van der Waals surface area contributed by atoms with Crippen LogP contribution in [-0.4, -0.2) is 15.7 Å². The Labute approximate surface area is 167 Å². The molecule has 1 amide bonds. The first kappa shape index (κ1) is 18.0. The number of halogens is 1. The molecule has 0 saturated carbocycles. The number of carbonyl (C=O) groups is 1. The molecule has 1 aliphatic rings. The van der Waals surface area contributed by atoms with Crippen LogP contribution in [0.2, 0.25) is 0 Å². The van der Waals surface area contributed by atoms with Crippen LogP contribution in [0.5, 0.6) is 0 Å². The molecule has 5 heteroatoms. The van der Waals surface area contributed by atoms with Gasteiger partial charge in [-0.25, -0.2) is 0 Å². The molecular weight excluding hydrogens is 402 g/mol. The summed E-state index contributed by atoms with van der Waals surface area (Å²) in [5, 5.41) is 4.61. The quantitative estimate of drug-likeness (QED) is 0.583. The van der Waals surface area contributed by atoms with Gasteiger partial charge in [0.15, 0.2) is 5.69 Å². The van der Waals surface area contributed by atoms with Gasteiger partial charge < -0.3 is 0 Å². The predicted molar refractivity (Wildman–Crippen MR) is 111 cm³/mol. The zero-order valence-corrected chi connectivity index (χ0v) is 17.3. The van der Waals surface area contributed by atoms with E-state index in [0.29, 0.717) is 11.6 Å². The fourth-order valence-corrected chi connectivity index (χ4v) is 4.09. The van der Waals surface area contributed by atoms with Gasteiger partial charge >= 0.3 is 0 Å². The third-order valence-electron chi connectivity index (χ3n) is 4.98. The Hall–Kier alpha value is -2.40. The van der Waals surface area contributed by atoms with Crippen LogP contribution in [0.3, 0.4) is 0 Å². The highest BCUT2D eigenvalue weighted by molar-refractivity contribution is 9.10. The molecule has 1 aromatic heterocycles. The molecule has 4 nitrogen and oxygen atoms in total. The normalized spacial score (nSPS) is 16.3. The van der Waals surface area contributed by atoms with Gasteiger partial charge in [0.05, 0.1) is 6.04 Å². The molecule has 0 spiro atoms. The lowest BCUT2D eigenvalue weighted by Crippen LogP contribution is -2.30. The van der Waals surface area contributed by atoms with E-state index in [4.69, 9.17) is 0 Å². The van der Waals surface area contributed by atoms with Gasteiger partial charge in [-0.15, -0.1) is 0 Å². The van der Waals surface area contributed by atoms with Crippen molar-refractivity contribution in [2.45, 2.75) is 26.3 Å². The molecule has 2 aromatic carbocycles. The topological polar surface area (TPSA) is 38.1 Å². The fraction of sp³-hybridized carbons (Fsp3) is 0.273. The van der Waals surface area contributed by atoms with Crippen LogP contribution >= 0.6 is 15.9 Å². The van der Waals surface area contributed by atoms with E-state index in [1.807, 2.05) is 59.1 Å². The molecule has 0 bridgehead atoms. The first-order valence-electron chi connectivity index (χ1n) is 9.17. The summed E-state index contributed by atoms with van der Waals surface area (Å²) >= 11 is 3.51. The number of rotatable bonds is 4. The highest BCUT2D eigenvalue weighted by Gasteiger charge is 2.43. The highest BCUT2D eigenvalue weighted by atomic mass is 79.9. The van der Waals surface area contributed by atoms with E-state index in [0.717, 1.165) is 33.4 Å². The molecule has 0 saturated heterocycles. The third kappa shape index (κ3) is 3.10. The van der Waals surface area contributed by atoms with E-state index < -0.39 is 0 Å². The Morgan fingerprint density at radius 3 is 2.37 bits per heavy atom. The Morgan fingerprint density at radius 2 is 1.74 bits per heavy atom. The number of anilines is 1. The van der Waals surface area contributed by atoms with Gasteiger partial charge in [0, 0.05) is 28.5 Å². The number of carbonyl (C=O) groups excluding carboxylic acids is 1. The zero-order chi connectivity index (χ0) is 19.1. The van der Waals surface area contributed by atoms with Crippen LogP contribution in [0.1, 0.15) is 47.2 Å². The standard InChI is InChI=1S/C22H22BrN3O/c1-14(2)13-18-19-20(24-25(18)3)22(27)26(17-7-5-4-6-8-17)21(19)15-9-11-16(23)12-10-15/h4-12,14,21H,13H2,1-3H3. The number of amides is 1. The molecule has 1 atom stereocenters. The average molecular weight is 424 g/mol. The maximum Gasteiger partial charge on any atom is 0.280 e. The maximum absolute atomic E-state index is 13.3. The fourth-order valence-electron chi connectivity index (χ4n) is 3.83. The molecule has 0 N–H and O–H groups in total. The van der Waals surface area contributed by atoms with Crippen molar-refractivity contribution < 1.29 is 4.79 Å². The number of fused-ring (bicyclic) bond motifs is 1. The first-order chi connectivity index (χ1) is 13.0. The highest BCUT2D eigenvalue weighted by Crippen LogP contribution is 2.43. The monoisotopic (exact) mass is 423 g/mol. The van der Waals surface area contributed by atoms with Gasteiger partial charge in [0.1, 0.15) is 0 Å². The molecular formula is C22H22BrN3O. The van der Waals surface area contributed by atoms with Crippen LogP contribution in [-0.2, 0) is 13.5 Å². The van der Waals surface area contributed by atoms with Crippen LogP contribution in [0.25, 0.3) is 0 Å². The van der Waals surface area contributed by atoms with Crippen LogP contribution in [0.4, 0.5) is 5.69 Å². The van der Waals surface area contributed by atoms with Crippen molar-refractivity contribution in [3.63, 3.8) is 0 Å². The molecule has 138 valence electrons. The molecule has 3 aromatic rings. The molecule has 1 unspecified atom stereocenters. The molecule has 27 heavy (non-hydrogen) atoms. The molecule has 0 fully saturated rings. The Kier molecular flexibility index (Phi) is 4.64. The number of para-hydroxylation sites is 1. The van der Waals surface area contributed by atoms with Crippen LogP contribution < -0.4 is 4.90 Å². The van der Waals surface area contributed by atoms with Crippen molar-refractivity contribution in [1.29, 1.82) is 0 Å². The van der Waals surface area contributed by atoms with E-state index in [2.05, 4.69) is 47.0 Å². The van der Waals surface area contributed by atoms with E-state index in [9.17, 15) is 4.79 Å². The summed E-state index contributed by atoms with van der Waals surface area (Å²) in [7, 11) is 1.94. The van der Waals surface area contributed by atoms with E-state index in [1.54, 1.807) is 0 Å². The summed E-state index contributed by atoms with van der Waals surface area (Å²) in [6.45, 7) is 4.39. The third-order valence-corrected chi connectivity index (χ3v) is 5.51. The van der Waals surface area contributed by atoms with Crippen molar-refractivity contribution in [2.24, 2.45) is 13.0 Å². The van der Waals surface area contributed by atoms with Crippen molar-refractivity contribution in [2.75, 3.05) is 4.90 Å². The van der Waals surface area contributed by atoms with Crippen LogP contribution in [0.15, 0.2) is 59.1 Å². The van der Waals surface area contributed by atoms with Gasteiger partial charge in [0.25, 0.3) is 5.91 Å². The second-order valence-electron chi connectivity index (χ2n) is 7.40. The average Bonchev–Trinajstić information content (AvgIpc) is 3.11. The van der Waals surface area contributed by atoms with E-state index in [-0.39, 0.29) is 11.9 Å². The SMILES string of the molecule is CC(C)Cc1c2c(nn1C)C(=O)N(c1ccccc1)C2c1ccc(Br)cc1. The van der Waals surface area contributed by atoms with Crippen molar-refractivity contribution in [3.05, 3.63) is 81.6 Å². The number of benzene rings is 2. The number of aryl methyl sites for hydroxylation is 1. The lowest BCUT2D eigenvalue weighted by atomic mass is 9.95. The smallest absolute Gasteiger partial charge is 0.280 e. The zero-order valence-electron chi connectivity index (χ0n) is 15.7. The van der Waals surface area contributed by atoms with Gasteiger partial charge in [-0.05, 0) is 42.2 Å².